The molecule has 350 valence electrons. The quantitative estimate of drug-likeness (QED) is 0.0335. The topological polar surface area (TPSA) is 195 Å². The Morgan fingerprint density at radius 3 is 2.25 bits per heavy atom. The van der Waals surface area contributed by atoms with Crippen LogP contribution in [0.15, 0.2) is 42.5 Å². The number of nitrogens with zero attached hydrogens (tertiary/aromatic N) is 5. The van der Waals surface area contributed by atoms with E-state index in [2.05, 4.69) is 81.4 Å². The monoisotopic (exact) mass is 908 g/mol. The molecule has 6 aromatic rings. The fourth-order valence-electron chi connectivity index (χ4n) is 8.02. The lowest BCUT2D eigenvalue weighted by molar-refractivity contribution is -0.122. The van der Waals surface area contributed by atoms with Crippen LogP contribution in [-0.4, -0.2) is 108 Å². The number of aromatic amines is 1. The molecule has 0 aliphatic carbocycles. The van der Waals surface area contributed by atoms with Crippen LogP contribution >= 0.6 is 11.3 Å². The molecule has 14 nitrogen and oxygen atoms in total. The number of anilines is 3. The average molecular weight is 908 g/mol. The molecule has 7 rings (SSSR count). The Balaban J connectivity index is 0.000000215. The number of hydrogen-bond acceptors (Lipinski definition) is 13. The molecule has 0 bridgehead atoms. The molecular weight excluding hydrogens is 839 g/mol. The number of carbonyl (C=O) groups is 3. The Bertz CT molecular complexity index is 2510. The second-order valence-electron chi connectivity index (χ2n) is 17.1. The van der Waals surface area contributed by atoms with Crippen LogP contribution in [-0.2, 0) is 43.1 Å². The normalized spacial score (nSPS) is 13.2. The molecule has 1 amide bonds. The van der Waals surface area contributed by atoms with Gasteiger partial charge in [-0.15, -0.1) is 11.3 Å². The molecular formula is C50H69N9O5S. The highest BCUT2D eigenvalue weighted by Gasteiger charge is 2.19. The smallest absolute Gasteiger partial charge is 0.222 e. The van der Waals surface area contributed by atoms with Gasteiger partial charge in [0.05, 0.1) is 47.3 Å². The first-order valence-corrected chi connectivity index (χ1v) is 24.4. The molecule has 1 aliphatic rings. The molecule has 0 radical (unpaired) electrons. The van der Waals surface area contributed by atoms with Crippen LogP contribution in [0.1, 0.15) is 102 Å². The fraction of sp³-hybridized carbons (Fsp3) is 0.520. The van der Waals surface area contributed by atoms with Crippen LogP contribution in [0.4, 0.5) is 17.2 Å². The van der Waals surface area contributed by atoms with Gasteiger partial charge in [-0.3, -0.25) is 19.3 Å². The summed E-state index contributed by atoms with van der Waals surface area (Å²) in [4.78, 5) is 56.0. The van der Waals surface area contributed by atoms with E-state index in [-0.39, 0.29) is 17.5 Å². The van der Waals surface area contributed by atoms with Crippen molar-refractivity contribution in [1.29, 1.82) is 0 Å². The zero-order chi connectivity index (χ0) is 46.1. The highest BCUT2D eigenvalue weighted by atomic mass is 32.1. The number of rotatable bonds is 24. The Kier molecular flexibility index (Phi) is 18.9. The number of H-pyrrole nitrogens is 1. The number of nitrogens with one attached hydrogen (secondary N) is 2. The van der Waals surface area contributed by atoms with Crippen LogP contribution in [0.2, 0.25) is 0 Å². The number of piperazine rings is 1. The number of aryl methyl sites for hydroxylation is 3. The van der Waals surface area contributed by atoms with Crippen molar-refractivity contribution in [2.45, 2.75) is 105 Å². The number of thiazole rings is 1. The van der Waals surface area contributed by atoms with Crippen molar-refractivity contribution in [1.82, 2.24) is 30.2 Å². The number of amides is 1. The van der Waals surface area contributed by atoms with E-state index in [1.807, 2.05) is 0 Å². The van der Waals surface area contributed by atoms with Gasteiger partial charge < -0.3 is 36.1 Å². The minimum atomic E-state index is 0.00131. The first kappa shape index (κ1) is 49.2. The predicted molar refractivity (Wildman–Crippen MR) is 266 cm³/mol. The summed E-state index contributed by atoms with van der Waals surface area (Å²) in [7, 11) is 0. The number of fused-ring (bicyclic) bond motifs is 6. The van der Waals surface area contributed by atoms with Crippen LogP contribution in [0.5, 0.6) is 0 Å². The van der Waals surface area contributed by atoms with Gasteiger partial charge in [-0.2, -0.15) is 0 Å². The molecule has 3 aromatic heterocycles. The van der Waals surface area contributed by atoms with E-state index in [1.165, 1.54) is 33.6 Å². The lowest BCUT2D eigenvalue weighted by Gasteiger charge is -2.36. The van der Waals surface area contributed by atoms with E-state index in [9.17, 15) is 14.4 Å². The van der Waals surface area contributed by atoms with Crippen molar-refractivity contribution in [3.8, 4) is 0 Å². The third-order valence-electron chi connectivity index (χ3n) is 11.8. The van der Waals surface area contributed by atoms with Gasteiger partial charge in [-0.1, -0.05) is 44.9 Å². The van der Waals surface area contributed by atoms with Crippen LogP contribution in [0.3, 0.4) is 0 Å². The number of imidazole rings is 1. The van der Waals surface area contributed by atoms with Crippen LogP contribution in [0.25, 0.3) is 42.9 Å². The third kappa shape index (κ3) is 14.4. The molecule has 1 aliphatic heterocycles. The number of hydrogen-bond donors (Lipinski definition) is 4. The molecule has 3 aromatic carbocycles. The largest absolute Gasteiger partial charge is 0.397 e. The number of ether oxygens (including phenoxy) is 2. The molecule has 0 spiro atoms. The molecule has 15 heteroatoms. The Labute approximate surface area is 387 Å². The minimum absolute atomic E-state index is 0.00131. The molecule has 0 saturated carbocycles. The molecule has 0 atom stereocenters. The summed E-state index contributed by atoms with van der Waals surface area (Å²) in [6.45, 7) is 14.9. The summed E-state index contributed by atoms with van der Waals surface area (Å²) < 4.78 is 12.1. The summed E-state index contributed by atoms with van der Waals surface area (Å²) in [5, 5.41) is 7.55. The number of benzene rings is 3. The molecule has 1 fully saturated rings. The summed E-state index contributed by atoms with van der Waals surface area (Å²) >= 11 is 1.76. The predicted octanol–water partition coefficient (Wildman–Crippen LogP) is 8.35. The van der Waals surface area contributed by atoms with E-state index in [1.54, 1.807) is 18.3 Å². The van der Waals surface area contributed by atoms with Crippen LogP contribution < -0.4 is 21.7 Å². The fourth-order valence-corrected chi connectivity index (χ4v) is 9.26. The number of unbranched alkanes of at least 4 members (excludes halogenated alkanes) is 3. The Hall–Kier alpha value is -5.22. The second-order valence-corrected chi connectivity index (χ2v) is 18.2. The number of ketones is 2. The molecule has 65 heavy (non-hydrogen) atoms. The maximum Gasteiger partial charge on any atom is 0.222 e. The van der Waals surface area contributed by atoms with Crippen molar-refractivity contribution in [3.05, 3.63) is 58.9 Å². The van der Waals surface area contributed by atoms with Crippen LogP contribution in [0, 0.1) is 0 Å². The SMILES string of the molecule is CCCCc1nc2c([nH]1)c(N)nc1ccc(N3CCN(CCOCCC(C)=O)CC3)cc12.CCCc1nc2c(N)cc3cc(CCCCCNC(=O)CCOCCC(C)=O)ccc3c2s1. The van der Waals surface area contributed by atoms with Gasteiger partial charge in [0.15, 0.2) is 0 Å². The minimum Gasteiger partial charge on any atom is -0.397 e. The number of Topliss-reactive ketones (excluding diaryl/α,β-unsaturated/α-hetero) is 2. The summed E-state index contributed by atoms with van der Waals surface area (Å²) in [5.74, 6) is 1.77. The van der Waals surface area contributed by atoms with E-state index in [0.717, 1.165) is 134 Å². The lowest BCUT2D eigenvalue weighted by Crippen LogP contribution is -2.47. The van der Waals surface area contributed by atoms with E-state index < -0.39 is 0 Å². The first-order chi connectivity index (χ1) is 31.5. The average Bonchev–Trinajstić information content (AvgIpc) is 3.93. The van der Waals surface area contributed by atoms with E-state index >= 15 is 0 Å². The van der Waals surface area contributed by atoms with Crippen molar-refractivity contribution < 1.29 is 23.9 Å². The molecule has 4 heterocycles. The van der Waals surface area contributed by atoms with Crippen molar-refractivity contribution in [2.24, 2.45) is 0 Å². The molecule has 1 saturated heterocycles. The summed E-state index contributed by atoms with van der Waals surface area (Å²) in [6, 6.07) is 15.1. The van der Waals surface area contributed by atoms with Gasteiger partial charge in [0.1, 0.15) is 39.8 Å². The summed E-state index contributed by atoms with van der Waals surface area (Å²) in [5.41, 5.74) is 19.4. The van der Waals surface area contributed by atoms with Gasteiger partial charge in [0.2, 0.25) is 5.91 Å². The van der Waals surface area contributed by atoms with Crippen molar-refractivity contribution >= 4 is 88.9 Å². The molecule has 6 N–H and O–H groups in total. The van der Waals surface area contributed by atoms with Crippen molar-refractivity contribution in [2.75, 3.05) is 82.1 Å². The number of nitrogen functional groups attached to an aromatic ring is 2. The second kappa shape index (κ2) is 24.9. The van der Waals surface area contributed by atoms with Crippen molar-refractivity contribution in [3.63, 3.8) is 0 Å². The number of nitrogens with two attached hydrogens (primary N) is 2. The number of pyridine rings is 1. The standard InChI is InChI=1S/C26H35N3O3S.C24H34N6O2/c1-3-7-24-29-25-22(27)17-20-16-19(9-10-21(20)26(25)33-24)8-5-4-6-13-28-23(31)12-15-32-14-11-18(2)30;1-3-4-5-21-27-22-19-16-18(6-7-20(19)26-24(25)23(22)28-21)30-11-9-29(10-12-30)13-15-32-14-8-17(2)31/h9-10,16-17H,3-8,11-15,27H2,1-2H3,(H,28,31);6-7,16H,3-5,8-15H2,1-2H3,(H2,25,26)(H,27,28). The Morgan fingerprint density at radius 2 is 1.51 bits per heavy atom. The zero-order valence-electron chi connectivity index (χ0n) is 38.9. The maximum absolute atomic E-state index is 11.8. The highest BCUT2D eigenvalue weighted by molar-refractivity contribution is 7.19. The van der Waals surface area contributed by atoms with Gasteiger partial charge in [-0.05, 0) is 87.6 Å². The van der Waals surface area contributed by atoms with Gasteiger partial charge in [0, 0.05) is 81.4 Å². The van der Waals surface area contributed by atoms with E-state index in [0.29, 0.717) is 58.1 Å². The maximum atomic E-state index is 11.8. The Morgan fingerprint density at radius 1 is 0.754 bits per heavy atom. The molecule has 0 unspecified atom stereocenters. The van der Waals surface area contributed by atoms with Gasteiger partial charge in [-0.25, -0.2) is 15.0 Å². The number of carbonyl (C=O) groups excluding carboxylic acids is 3. The third-order valence-corrected chi connectivity index (χ3v) is 12.9. The van der Waals surface area contributed by atoms with Gasteiger partial charge >= 0.3 is 0 Å². The lowest BCUT2D eigenvalue weighted by atomic mass is 10.0. The first-order valence-electron chi connectivity index (χ1n) is 23.6. The highest BCUT2D eigenvalue weighted by Crippen LogP contribution is 2.36. The van der Waals surface area contributed by atoms with Gasteiger partial charge in [0.25, 0.3) is 0 Å². The zero-order valence-corrected chi connectivity index (χ0v) is 39.8. The van der Waals surface area contributed by atoms with E-state index in [4.69, 9.17) is 30.9 Å². The number of aromatic nitrogens is 4. The summed E-state index contributed by atoms with van der Waals surface area (Å²) in [6.07, 6.45) is 10.6.